The molecular formula is C13H10BrN5O. The van der Waals surface area contributed by atoms with Crippen LogP contribution in [-0.2, 0) is 0 Å². The topological polar surface area (TPSA) is 82.7 Å². The lowest BCUT2D eigenvalue weighted by molar-refractivity contribution is 0.262. The summed E-state index contributed by atoms with van der Waals surface area (Å²) in [6, 6.07) is 9.06. The predicted molar refractivity (Wildman–Crippen MR) is 80.7 cm³/mol. The molecule has 0 saturated heterocycles. The maximum atomic E-state index is 11.8. The highest BCUT2D eigenvalue weighted by Gasteiger charge is 2.05. The Hall–Kier alpha value is -2.41. The summed E-state index contributed by atoms with van der Waals surface area (Å²) in [6.45, 7) is 0. The molecule has 0 bridgehead atoms. The third-order valence-corrected chi connectivity index (χ3v) is 3.14. The Balaban J connectivity index is 1.77. The number of carbonyl (C=O) groups excluding carboxylic acids is 1. The molecule has 1 aromatic carbocycles. The number of fused-ring (bicyclic) bond motifs is 1. The van der Waals surface area contributed by atoms with Crippen molar-refractivity contribution in [2.75, 3.05) is 10.6 Å². The minimum absolute atomic E-state index is 0.365. The lowest BCUT2D eigenvalue weighted by Gasteiger charge is -2.06. The normalized spacial score (nSPS) is 10.4. The summed E-state index contributed by atoms with van der Waals surface area (Å²) in [5.74, 6) is 0.487. The Morgan fingerprint density at radius 3 is 2.90 bits per heavy atom. The fourth-order valence-corrected chi connectivity index (χ4v) is 2.14. The molecule has 2 heterocycles. The van der Waals surface area contributed by atoms with Crippen LogP contribution in [0.25, 0.3) is 10.9 Å². The van der Waals surface area contributed by atoms with Crippen molar-refractivity contribution in [3.63, 3.8) is 0 Å². The van der Waals surface area contributed by atoms with Gasteiger partial charge in [0.1, 0.15) is 5.82 Å². The van der Waals surface area contributed by atoms with Crippen LogP contribution in [0.5, 0.6) is 0 Å². The number of carbonyl (C=O) groups is 1. The molecule has 100 valence electrons. The molecule has 0 unspecified atom stereocenters. The van der Waals surface area contributed by atoms with E-state index in [1.165, 1.54) is 6.20 Å². The van der Waals surface area contributed by atoms with E-state index >= 15 is 0 Å². The average molecular weight is 332 g/mol. The highest BCUT2D eigenvalue weighted by molar-refractivity contribution is 9.10. The number of aromatic nitrogens is 3. The molecular weight excluding hydrogens is 322 g/mol. The molecule has 0 saturated carbocycles. The van der Waals surface area contributed by atoms with Crippen molar-refractivity contribution in [3.8, 4) is 0 Å². The summed E-state index contributed by atoms with van der Waals surface area (Å²) >= 11 is 3.41. The molecule has 0 fully saturated rings. The number of benzene rings is 1. The second-order valence-electron chi connectivity index (χ2n) is 4.10. The molecule has 0 spiro atoms. The fourth-order valence-electron chi connectivity index (χ4n) is 1.76. The lowest BCUT2D eigenvalue weighted by atomic mass is 10.2. The number of nitrogens with zero attached hydrogens (tertiary/aromatic N) is 2. The van der Waals surface area contributed by atoms with Gasteiger partial charge in [-0.3, -0.25) is 10.4 Å². The maximum Gasteiger partial charge on any atom is 0.324 e. The molecule has 3 rings (SSSR count). The number of H-pyrrole nitrogens is 1. The number of amides is 2. The second-order valence-corrected chi connectivity index (χ2v) is 5.02. The summed E-state index contributed by atoms with van der Waals surface area (Å²) in [6.07, 6.45) is 3.11. The second kappa shape index (κ2) is 5.30. The standard InChI is InChI=1S/C13H10BrN5O/c14-9-2-3-11-8(5-9)1-4-12(18-11)19-13(20)17-10-6-15-16-7-10/h1-7H,(H,15,16)(H2,17,18,19,20). The van der Waals surface area contributed by atoms with Crippen LogP contribution in [0.1, 0.15) is 0 Å². The van der Waals surface area contributed by atoms with Crippen molar-refractivity contribution in [3.05, 3.63) is 47.2 Å². The molecule has 7 heteroatoms. The van der Waals surface area contributed by atoms with E-state index < -0.39 is 0 Å². The quantitative estimate of drug-likeness (QED) is 0.673. The van der Waals surface area contributed by atoms with Crippen LogP contribution in [0.2, 0.25) is 0 Å². The van der Waals surface area contributed by atoms with Crippen LogP contribution >= 0.6 is 15.9 Å². The number of urea groups is 1. The third kappa shape index (κ3) is 2.77. The van der Waals surface area contributed by atoms with Gasteiger partial charge in [-0.25, -0.2) is 9.78 Å². The van der Waals surface area contributed by atoms with Gasteiger partial charge in [0.2, 0.25) is 0 Å². The Labute approximate surface area is 122 Å². The number of rotatable bonds is 2. The molecule has 2 aromatic heterocycles. The van der Waals surface area contributed by atoms with E-state index in [2.05, 4.69) is 41.7 Å². The first-order valence-electron chi connectivity index (χ1n) is 5.84. The Morgan fingerprint density at radius 1 is 1.20 bits per heavy atom. The molecule has 0 aliphatic heterocycles. The minimum Gasteiger partial charge on any atom is -0.305 e. The van der Waals surface area contributed by atoms with Gasteiger partial charge in [-0.1, -0.05) is 15.9 Å². The van der Waals surface area contributed by atoms with E-state index in [4.69, 9.17) is 0 Å². The highest BCUT2D eigenvalue weighted by Crippen LogP contribution is 2.20. The van der Waals surface area contributed by atoms with Gasteiger partial charge in [0.15, 0.2) is 0 Å². The minimum atomic E-state index is -0.365. The number of nitrogens with one attached hydrogen (secondary N) is 3. The zero-order valence-electron chi connectivity index (χ0n) is 10.2. The Bertz CT molecular complexity index is 757. The fraction of sp³-hybridized carbons (Fsp3) is 0. The van der Waals surface area contributed by atoms with Crippen molar-refractivity contribution in [1.29, 1.82) is 0 Å². The maximum absolute atomic E-state index is 11.8. The van der Waals surface area contributed by atoms with Gasteiger partial charge in [-0.05, 0) is 30.3 Å². The molecule has 2 amide bonds. The SMILES string of the molecule is O=C(Nc1cn[nH]c1)Nc1ccc2cc(Br)ccc2n1. The number of hydrogen-bond acceptors (Lipinski definition) is 3. The molecule has 6 nitrogen and oxygen atoms in total. The summed E-state index contributed by atoms with van der Waals surface area (Å²) in [5, 5.41) is 12.7. The van der Waals surface area contributed by atoms with E-state index in [9.17, 15) is 4.79 Å². The molecule has 0 aliphatic carbocycles. The molecule has 0 atom stereocenters. The van der Waals surface area contributed by atoms with E-state index in [1.807, 2.05) is 24.3 Å². The summed E-state index contributed by atoms with van der Waals surface area (Å²) in [4.78, 5) is 16.1. The lowest BCUT2D eigenvalue weighted by Crippen LogP contribution is -2.19. The number of anilines is 2. The third-order valence-electron chi connectivity index (χ3n) is 2.65. The first-order chi connectivity index (χ1) is 9.70. The highest BCUT2D eigenvalue weighted by atomic mass is 79.9. The van der Waals surface area contributed by atoms with E-state index in [0.717, 1.165) is 15.4 Å². The van der Waals surface area contributed by atoms with Gasteiger partial charge in [-0.2, -0.15) is 5.10 Å². The zero-order chi connectivity index (χ0) is 13.9. The Morgan fingerprint density at radius 2 is 2.10 bits per heavy atom. The monoisotopic (exact) mass is 331 g/mol. The van der Waals surface area contributed by atoms with Gasteiger partial charge in [0.05, 0.1) is 17.4 Å². The van der Waals surface area contributed by atoms with E-state index in [-0.39, 0.29) is 6.03 Å². The largest absolute Gasteiger partial charge is 0.324 e. The molecule has 0 radical (unpaired) electrons. The van der Waals surface area contributed by atoms with Crippen LogP contribution in [0, 0.1) is 0 Å². The Kier molecular flexibility index (Phi) is 3.34. The van der Waals surface area contributed by atoms with E-state index in [1.54, 1.807) is 12.3 Å². The van der Waals surface area contributed by atoms with Crippen LogP contribution in [0.3, 0.4) is 0 Å². The number of pyridine rings is 1. The molecule has 3 aromatic rings. The first kappa shape index (κ1) is 12.6. The summed E-state index contributed by atoms with van der Waals surface area (Å²) in [7, 11) is 0. The van der Waals surface area contributed by atoms with Gasteiger partial charge in [0, 0.05) is 16.1 Å². The first-order valence-corrected chi connectivity index (χ1v) is 6.63. The van der Waals surface area contributed by atoms with Gasteiger partial charge in [0.25, 0.3) is 0 Å². The number of halogens is 1. The molecule has 20 heavy (non-hydrogen) atoms. The van der Waals surface area contributed by atoms with Gasteiger partial charge in [-0.15, -0.1) is 0 Å². The van der Waals surface area contributed by atoms with Crippen molar-refractivity contribution in [2.45, 2.75) is 0 Å². The molecule has 3 N–H and O–H groups in total. The average Bonchev–Trinajstić information content (AvgIpc) is 2.91. The van der Waals surface area contributed by atoms with Crippen molar-refractivity contribution >= 4 is 44.4 Å². The number of aromatic amines is 1. The summed E-state index contributed by atoms with van der Waals surface area (Å²) < 4.78 is 0.991. The van der Waals surface area contributed by atoms with Crippen LogP contribution in [-0.4, -0.2) is 21.2 Å². The smallest absolute Gasteiger partial charge is 0.305 e. The van der Waals surface area contributed by atoms with Crippen molar-refractivity contribution in [1.82, 2.24) is 15.2 Å². The summed E-state index contributed by atoms with van der Waals surface area (Å²) in [5.41, 5.74) is 1.40. The predicted octanol–water partition coefficient (Wildman–Crippen LogP) is 3.36. The van der Waals surface area contributed by atoms with Crippen LogP contribution < -0.4 is 10.6 Å². The van der Waals surface area contributed by atoms with Crippen LogP contribution in [0.4, 0.5) is 16.3 Å². The molecule has 0 aliphatic rings. The van der Waals surface area contributed by atoms with Crippen molar-refractivity contribution < 1.29 is 4.79 Å². The number of hydrogen-bond donors (Lipinski definition) is 3. The van der Waals surface area contributed by atoms with Gasteiger partial charge < -0.3 is 5.32 Å². The van der Waals surface area contributed by atoms with Crippen molar-refractivity contribution in [2.24, 2.45) is 0 Å². The zero-order valence-corrected chi connectivity index (χ0v) is 11.8. The van der Waals surface area contributed by atoms with Gasteiger partial charge >= 0.3 is 6.03 Å². The van der Waals surface area contributed by atoms with E-state index in [0.29, 0.717) is 11.5 Å². The van der Waals surface area contributed by atoms with Crippen LogP contribution in [0.15, 0.2) is 47.2 Å².